The minimum absolute atomic E-state index is 0.0207. The Hall–Kier alpha value is -2.45. The van der Waals surface area contributed by atoms with Crippen molar-refractivity contribution in [3.05, 3.63) is 65.1 Å². The molecule has 2 aromatic heterocycles. The molecule has 0 bridgehead atoms. The van der Waals surface area contributed by atoms with Crippen molar-refractivity contribution >= 4 is 27.1 Å². The molecule has 3 heterocycles. The number of aromatic nitrogens is 1. The van der Waals surface area contributed by atoms with Crippen molar-refractivity contribution in [2.75, 3.05) is 11.5 Å². The fourth-order valence-electron chi connectivity index (χ4n) is 3.62. The Morgan fingerprint density at radius 3 is 2.63 bits per heavy atom. The second-order valence-corrected chi connectivity index (χ2v) is 11.0. The first-order valence-electron chi connectivity index (χ1n) is 9.92. The van der Waals surface area contributed by atoms with Gasteiger partial charge >= 0.3 is 0 Å². The highest BCUT2D eigenvalue weighted by atomic mass is 32.2. The van der Waals surface area contributed by atoms with Crippen molar-refractivity contribution in [2.24, 2.45) is 0 Å². The van der Waals surface area contributed by atoms with Gasteiger partial charge in [-0.15, -0.1) is 11.3 Å². The second kappa shape index (κ2) is 8.35. The summed E-state index contributed by atoms with van der Waals surface area (Å²) in [6, 6.07) is 11.4. The van der Waals surface area contributed by atoms with Gasteiger partial charge in [0.25, 0.3) is 5.91 Å². The summed E-state index contributed by atoms with van der Waals surface area (Å²) in [5.41, 5.74) is 2.54. The zero-order valence-electron chi connectivity index (χ0n) is 16.9. The molecule has 1 fully saturated rings. The van der Waals surface area contributed by atoms with Gasteiger partial charge in [0.05, 0.1) is 24.3 Å². The summed E-state index contributed by atoms with van der Waals surface area (Å²) in [4.78, 5) is 19.4. The van der Waals surface area contributed by atoms with Crippen LogP contribution in [0.3, 0.4) is 0 Å². The highest BCUT2D eigenvalue weighted by molar-refractivity contribution is 7.91. The number of benzene rings is 1. The fourth-order valence-corrected chi connectivity index (χ4v) is 6.15. The van der Waals surface area contributed by atoms with Crippen molar-refractivity contribution in [1.29, 1.82) is 0 Å². The Bertz CT molecular complexity index is 1120. The highest BCUT2D eigenvalue weighted by Crippen LogP contribution is 2.28. The first-order valence-corrected chi connectivity index (χ1v) is 12.6. The Morgan fingerprint density at radius 1 is 1.27 bits per heavy atom. The number of thiazole rings is 1. The van der Waals surface area contributed by atoms with Gasteiger partial charge in [0.1, 0.15) is 16.5 Å². The van der Waals surface area contributed by atoms with Crippen molar-refractivity contribution in [3.8, 4) is 10.6 Å². The molecule has 0 N–H and O–H groups in total. The lowest BCUT2D eigenvalue weighted by molar-refractivity contribution is 0.0661. The molecule has 0 saturated carbocycles. The van der Waals surface area contributed by atoms with E-state index in [1.807, 2.05) is 12.1 Å². The zero-order chi connectivity index (χ0) is 21.3. The van der Waals surface area contributed by atoms with E-state index in [9.17, 15) is 13.2 Å². The quantitative estimate of drug-likeness (QED) is 0.564. The number of sulfone groups is 1. The van der Waals surface area contributed by atoms with Crippen LogP contribution in [0.4, 0.5) is 0 Å². The maximum absolute atomic E-state index is 13.3. The molecule has 1 saturated heterocycles. The smallest absolute Gasteiger partial charge is 0.274 e. The molecule has 1 atom stereocenters. The molecule has 1 amide bonds. The largest absolute Gasteiger partial charge is 0.467 e. The molecule has 1 unspecified atom stereocenters. The van der Waals surface area contributed by atoms with E-state index < -0.39 is 9.84 Å². The Labute approximate surface area is 180 Å². The predicted molar refractivity (Wildman–Crippen MR) is 117 cm³/mol. The topological polar surface area (TPSA) is 80.5 Å². The fraction of sp³-hybridized carbons (Fsp3) is 0.364. The third-order valence-electron chi connectivity index (χ3n) is 5.36. The first-order chi connectivity index (χ1) is 14.3. The van der Waals surface area contributed by atoms with Gasteiger partial charge in [-0.3, -0.25) is 4.79 Å². The minimum Gasteiger partial charge on any atom is -0.467 e. The van der Waals surface area contributed by atoms with Gasteiger partial charge in [-0.2, -0.15) is 0 Å². The summed E-state index contributed by atoms with van der Waals surface area (Å²) < 4.78 is 29.4. The van der Waals surface area contributed by atoms with E-state index in [4.69, 9.17) is 4.42 Å². The van der Waals surface area contributed by atoms with E-state index in [1.165, 1.54) is 16.9 Å². The molecule has 6 nitrogen and oxygen atoms in total. The second-order valence-electron chi connectivity index (χ2n) is 7.88. The lowest BCUT2D eigenvalue weighted by Gasteiger charge is -2.26. The third kappa shape index (κ3) is 4.49. The van der Waals surface area contributed by atoms with Crippen LogP contribution in [0.2, 0.25) is 0 Å². The number of amides is 1. The molecule has 4 rings (SSSR count). The maximum atomic E-state index is 13.3. The molecule has 3 aromatic rings. The molecule has 0 aliphatic carbocycles. The van der Waals surface area contributed by atoms with Crippen molar-refractivity contribution in [3.63, 3.8) is 0 Å². The number of carbonyl (C=O) groups excluding carboxylic acids is 1. The monoisotopic (exact) mass is 444 g/mol. The van der Waals surface area contributed by atoms with E-state index in [2.05, 4.69) is 31.0 Å². The number of hydrogen-bond acceptors (Lipinski definition) is 6. The summed E-state index contributed by atoms with van der Waals surface area (Å²) in [5, 5.41) is 2.51. The number of hydrogen-bond donors (Lipinski definition) is 0. The maximum Gasteiger partial charge on any atom is 0.274 e. The summed E-state index contributed by atoms with van der Waals surface area (Å²) in [6.07, 6.45) is 1.98. The standard InChI is InChI=1S/C22H24N2O4S2/c1-15(2)16-5-7-17(8-6-16)21-23-20(13-29-21)22(25)24(12-19-4-3-10-28-19)18-9-11-30(26,27)14-18/h3-8,10,13,15,18H,9,11-12,14H2,1-2H3. The minimum atomic E-state index is -3.13. The number of nitrogens with zero attached hydrogens (tertiary/aromatic N) is 2. The molecule has 8 heteroatoms. The predicted octanol–water partition coefficient (Wildman–Crippen LogP) is 4.36. The van der Waals surface area contributed by atoms with Crippen LogP contribution in [0.5, 0.6) is 0 Å². The summed E-state index contributed by atoms with van der Waals surface area (Å²) >= 11 is 1.41. The van der Waals surface area contributed by atoms with Gasteiger partial charge in [0.15, 0.2) is 9.84 Å². The average Bonchev–Trinajstić information content (AvgIpc) is 3.47. The molecule has 158 valence electrons. The van der Waals surface area contributed by atoms with Gasteiger partial charge in [0.2, 0.25) is 0 Å². The van der Waals surface area contributed by atoms with E-state index in [0.29, 0.717) is 23.8 Å². The summed E-state index contributed by atoms with van der Waals surface area (Å²) in [7, 11) is -3.13. The van der Waals surface area contributed by atoms with Gasteiger partial charge in [0, 0.05) is 17.0 Å². The lowest BCUT2D eigenvalue weighted by atomic mass is 10.0. The summed E-state index contributed by atoms with van der Waals surface area (Å²) in [5.74, 6) is 0.879. The van der Waals surface area contributed by atoms with Crippen LogP contribution in [0, 0.1) is 0 Å². The molecule has 30 heavy (non-hydrogen) atoms. The highest BCUT2D eigenvalue weighted by Gasteiger charge is 2.36. The molecule has 0 spiro atoms. The molecule has 1 aromatic carbocycles. The van der Waals surface area contributed by atoms with E-state index in [-0.39, 0.29) is 30.0 Å². The Morgan fingerprint density at radius 2 is 2.03 bits per heavy atom. The number of carbonyl (C=O) groups is 1. The van der Waals surface area contributed by atoms with E-state index in [0.717, 1.165) is 10.6 Å². The van der Waals surface area contributed by atoms with Crippen LogP contribution in [0.1, 0.15) is 48.0 Å². The van der Waals surface area contributed by atoms with Gasteiger partial charge in [-0.05, 0) is 30.0 Å². The van der Waals surface area contributed by atoms with E-state index >= 15 is 0 Å². The van der Waals surface area contributed by atoms with Gasteiger partial charge < -0.3 is 9.32 Å². The zero-order valence-corrected chi connectivity index (χ0v) is 18.6. The molecule has 1 aliphatic heterocycles. The molecular formula is C22H24N2O4S2. The van der Waals surface area contributed by atoms with Crippen molar-refractivity contribution < 1.29 is 17.6 Å². The van der Waals surface area contributed by atoms with E-state index in [1.54, 1.807) is 28.7 Å². The van der Waals surface area contributed by atoms with Crippen LogP contribution in [-0.2, 0) is 16.4 Å². The Balaban J connectivity index is 1.58. The molecule has 0 radical (unpaired) electrons. The normalized spacial score (nSPS) is 18.0. The van der Waals surface area contributed by atoms with Crippen LogP contribution in [0.25, 0.3) is 10.6 Å². The number of furan rings is 1. The number of rotatable bonds is 6. The van der Waals surface area contributed by atoms with Crippen molar-refractivity contribution in [1.82, 2.24) is 9.88 Å². The SMILES string of the molecule is CC(C)c1ccc(-c2nc(C(=O)N(Cc3ccco3)C3CCS(=O)(=O)C3)cs2)cc1. The Kier molecular flexibility index (Phi) is 5.79. The lowest BCUT2D eigenvalue weighted by Crippen LogP contribution is -2.40. The average molecular weight is 445 g/mol. The molecule has 1 aliphatic rings. The van der Waals surface area contributed by atoms with Crippen LogP contribution in [-0.4, -0.2) is 41.8 Å². The molecular weight excluding hydrogens is 420 g/mol. The van der Waals surface area contributed by atoms with Gasteiger partial charge in [-0.1, -0.05) is 38.1 Å². The van der Waals surface area contributed by atoms with Crippen LogP contribution >= 0.6 is 11.3 Å². The third-order valence-corrected chi connectivity index (χ3v) is 8.01. The van der Waals surface area contributed by atoms with Crippen LogP contribution in [0.15, 0.2) is 52.5 Å². The summed E-state index contributed by atoms with van der Waals surface area (Å²) in [6.45, 7) is 4.51. The van der Waals surface area contributed by atoms with Crippen molar-refractivity contribution in [2.45, 2.75) is 38.8 Å². The van der Waals surface area contributed by atoms with Gasteiger partial charge in [-0.25, -0.2) is 13.4 Å². The first kappa shape index (κ1) is 20.8. The van der Waals surface area contributed by atoms with Crippen LogP contribution < -0.4 is 0 Å².